The molecule has 3 rings (SSSR count). The molecule has 2 nitrogen and oxygen atoms in total. The summed E-state index contributed by atoms with van der Waals surface area (Å²) >= 11 is 0. The molecule has 3 aromatic rings. The molecule has 0 bridgehead atoms. The van der Waals surface area contributed by atoms with Gasteiger partial charge in [0.1, 0.15) is 0 Å². The lowest BCUT2D eigenvalue weighted by atomic mass is 9.92. The first-order valence-electron chi connectivity index (χ1n) is 8.72. The molecule has 24 heavy (non-hydrogen) atoms. The predicted molar refractivity (Wildman–Crippen MR) is 101 cm³/mol. The largest absolute Gasteiger partial charge is 0.374 e. The van der Waals surface area contributed by atoms with Crippen molar-refractivity contribution in [2.75, 3.05) is 0 Å². The van der Waals surface area contributed by atoms with Gasteiger partial charge in [-0.15, -0.1) is 0 Å². The second-order valence-corrected chi connectivity index (χ2v) is 6.77. The summed E-state index contributed by atoms with van der Waals surface area (Å²) in [5.41, 5.74) is 2.53. The van der Waals surface area contributed by atoms with E-state index in [4.69, 9.17) is 9.47 Å². The van der Waals surface area contributed by atoms with E-state index >= 15 is 0 Å². The number of hydrogen-bond acceptors (Lipinski definition) is 2. The standard InChI is InChI=1S/C22H26O2/c1-15(2)23-13-21-17-9-5-7-11-19(17)22(14-24-16(3)4)20-12-8-6-10-18(20)21/h5-12,15-16H,13-14H2,1-4H3. The van der Waals surface area contributed by atoms with Gasteiger partial charge in [-0.2, -0.15) is 0 Å². The molecule has 2 heteroatoms. The topological polar surface area (TPSA) is 18.5 Å². The summed E-state index contributed by atoms with van der Waals surface area (Å²) in [6.07, 6.45) is 0.429. The average Bonchev–Trinajstić information content (AvgIpc) is 2.57. The van der Waals surface area contributed by atoms with E-state index in [0.29, 0.717) is 13.2 Å². The average molecular weight is 322 g/mol. The fraction of sp³-hybridized carbons (Fsp3) is 0.364. The summed E-state index contributed by atoms with van der Waals surface area (Å²) in [5.74, 6) is 0. The minimum absolute atomic E-state index is 0.214. The molecule has 0 aliphatic heterocycles. The van der Waals surface area contributed by atoms with Crippen molar-refractivity contribution in [1.82, 2.24) is 0 Å². The SMILES string of the molecule is CC(C)OCc1c2ccccc2c(COC(C)C)c2ccccc12. The fourth-order valence-electron chi connectivity index (χ4n) is 3.12. The molecule has 0 N–H and O–H groups in total. The summed E-state index contributed by atoms with van der Waals surface area (Å²) in [4.78, 5) is 0. The smallest absolute Gasteiger partial charge is 0.0732 e. The zero-order chi connectivity index (χ0) is 17.1. The third-order valence-corrected chi connectivity index (χ3v) is 4.28. The van der Waals surface area contributed by atoms with E-state index in [0.717, 1.165) is 0 Å². The van der Waals surface area contributed by atoms with Gasteiger partial charge >= 0.3 is 0 Å². The second kappa shape index (κ2) is 7.33. The lowest BCUT2D eigenvalue weighted by Crippen LogP contribution is -2.06. The molecule has 0 spiro atoms. The van der Waals surface area contributed by atoms with Gasteiger partial charge in [0.15, 0.2) is 0 Å². The normalized spacial score (nSPS) is 11.9. The van der Waals surface area contributed by atoms with E-state index in [-0.39, 0.29) is 12.2 Å². The van der Waals surface area contributed by atoms with Gasteiger partial charge in [-0.3, -0.25) is 0 Å². The van der Waals surface area contributed by atoms with Crippen molar-refractivity contribution in [2.24, 2.45) is 0 Å². The molecule has 0 aliphatic rings. The maximum Gasteiger partial charge on any atom is 0.0732 e. The number of rotatable bonds is 6. The van der Waals surface area contributed by atoms with E-state index < -0.39 is 0 Å². The Bertz CT molecular complexity index is 707. The molecular weight excluding hydrogens is 296 g/mol. The van der Waals surface area contributed by atoms with Gasteiger partial charge in [0.2, 0.25) is 0 Å². The van der Waals surface area contributed by atoms with Gasteiger partial charge in [-0.25, -0.2) is 0 Å². The van der Waals surface area contributed by atoms with Crippen LogP contribution in [0.2, 0.25) is 0 Å². The predicted octanol–water partition coefficient (Wildman–Crippen LogP) is 5.84. The summed E-state index contributed by atoms with van der Waals surface area (Å²) in [7, 11) is 0. The van der Waals surface area contributed by atoms with Gasteiger partial charge in [0.05, 0.1) is 25.4 Å². The highest BCUT2D eigenvalue weighted by Crippen LogP contribution is 2.34. The number of fused-ring (bicyclic) bond motifs is 2. The van der Waals surface area contributed by atoms with E-state index in [9.17, 15) is 0 Å². The van der Waals surface area contributed by atoms with Crippen LogP contribution >= 0.6 is 0 Å². The lowest BCUT2D eigenvalue weighted by Gasteiger charge is -2.18. The van der Waals surface area contributed by atoms with Crippen LogP contribution in [-0.4, -0.2) is 12.2 Å². The number of benzene rings is 3. The highest BCUT2D eigenvalue weighted by atomic mass is 16.5. The molecule has 0 radical (unpaired) electrons. The van der Waals surface area contributed by atoms with Crippen LogP contribution in [0.4, 0.5) is 0 Å². The maximum atomic E-state index is 5.95. The monoisotopic (exact) mass is 322 g/mol. The van der Waals surface area contributed by atoms with Crippen LogP contribution in [0.15, 0.2) is 48.5 Å². The van der Waals surface area contributed by atoms with Crippen LogP contribution in [0.3, 0.4) is 0 Å². The molecule has 0 aromatic heterocycles. The van der Waals surface area contributed by atoms with Gasteiger partial charge in [0.25, 0.3) is 0 Å². The van der Waals surface area contributed by atoms with Crippen molar-refractivity contribution >= 4 is 21.5 Å². The van der Waals surface area contributed by atoms with E-state index in [1.807, 2.05) is 0 Å². The van der Waals surface area contributed by atoms with Gasteiger partial charge < -0.3 is 9.47 Å². The molecule has 0 unspecified atom stereocenters. The fourth-order valence-corrected chi connectivity index (χ4v) is 3.12. The lowest BCUT2D eigenvalue weighted by molar-refractivity contribution is 0.0659. The quantitative estimate of drug-likeness (QED) is 0.530. The molecule has 0 saturated carbocycles. The van der Waals surface area contributed by atoms with Crippen LogP contribution in [-0.2, 0) is 22.7 Å². The Balaban J connectivity index is 2.24. The summed E-state index contributed by atoms with van der Waals surface area (Å²) in [6, 6.07) is 17.2. The van der Waals surface area contributed by atoms with Crippen molar-refractivity contribution in [3.63, 3.8) is 0 Å². The molecule has 0 atom stereocenters. The van der Waals surface area contributed by atoms with Crippen molar-refractivity contribution in [1.29, 1.82) is 0 Å². The first-order chi connectivity index (χ1) is 11.6. The van der Waals surface area contributed by atoms with E-state index in [2.05, 4.69) is 76.2 Å². The number of ether oxygens (including phenoxy) is 2. The molecule has 0 amide bonds. The highest BCUT2D eigenvalue weighted by molar-refractivity contribution is 6.05. The van der Waals surface area contributed by atoms with Crippen molar-refractivity contribution in [2.45, 2.75) is 53.1 Å². The van der Waals surface area contributed by atoms with Crippen LogP contribution < -0.4 is 0 Å². The minimum atomic E-state index is 0.214. The first-order valence-corrected chi connectivity index (χ1v) is 8.72. The second-order valence-electron chi connectivity index (χ2n) is 6.77. The van der Waals surface area contributed by atoms with Gasteiger partial charge in [0, 0.05) is 0 Å². The molecule has 0 heterocycles. The molecule has 126 valence electrons. The molecule has 0 aliphatic carbocycles. The van der Waals surface area contributed by atoms with Crippen LogP contribution in [0.25, 0.3) is 21.5 Å². The Morgan fingerprint density at radius 1 is 0.583 bits per heavy atom. The summed E-state index contributed by atoms with van der Waals surface area (Å²) < 4.78 is 11.9. The first kappa shape index (κ1) is 16.9. The Morgan fingerprint density at radius 3 is 1.12 bits per heavy atom. The molecule has 0 fully saturated rings. The summed E-state index contributed by atoms with van der Waals surface area (Å²) in [5, 5.41) is 5.05. The zero-order valence-corrected chi connectivity index (χ0v) is 15.0. The Labute approximate surface area is 144 Å². The van der Waals surface area contributed by atoms with E-state index in [1.54, 1.807) is 0 Å². The molecular formula is C22H26O2. The van der Waals surface area contributed by atoms with Crippen LogP contribution in [0.5, 0.6) is 0 Å². The third-order valence-electron chi connectivity index (χ3n) is 4.28. The van der Waals surface area contributed by atoms with Crippen LogP contribution in [0.1, 0.15) is 38.8 Å². The Hall–Kier alpha value is -1.90. The minimum Gasteiger partial charge on any atom is -0.374 e. The summed E-state index contributed by atoms with van der Waals surface area (Å²) in [6.45, 7) is 9.57. The van der Waals surface area contributed by atoms with Gasteiger partial charge in [-0.05, 0) is 60.4 Å². The van der Waals surface area contributed by atoms with E-state index in [1.165, 1.54) is 32.7 Å². The molecule has 0 saturated heterocycles. The van der Waals surface area contributed by atoms with Crippen molar-refractivity contribution < 1.29 is 9.47 Å². The van der Waals surface area contributed by atoms with Gasteiger partial charge in [-0.1, -0.05) is 48.5 Å². The Kier molecular flexibility index (Phi) is 5.17. The van der Waals surface area contributed by atoms with Crippen molar-refractivity contribution in [3.8, 4) is 0 Å². The van der Waals surface area contributed by atoms with Crippen molar-refractivity contribution in [3.05, 3.63) is 59.7 Å². The molecule has 3 aromatic carbocycles. The maximum absolute atomic E-state index is 5.95. The zero-order valence-electron chi connectivity index (χ0n) is 15.0. The van der Waals surface area contributed by atoms with Crippen LogP contribution in [0, 0.1) is 0 Å². The third kappa shape index (κ3) is 3.45. The number of hydrogen-bond donors (Lipinski definition) is 0. The highest BCUT2D eigenvalue weighted by Gasteiger charge is 2.14. The Morgan fingerprint density at radius 2 is 0.875 bits per heavy atom.